The van der Waals surface area contributed by atoms with Crippen LogP contribution in [0.15, 0.2) is 24.3 Å². The normalized spacial score (nSPS) is 15.5. The minimum Gasteiger partial charge on any atom is -0.497 e. The first-order valence-electron chi connectivity index (χ1n) is 7.88. The zero-order chi connectivity index (χ0) is 16.6. The number of carbonyl (C=O) groups is 1. The van der Waals surface area contributed by atoms with Gasteiger partial charge in [-0.3, -0.25) is 9.78 Å². The quantitative estimate of drug-likeness (QED) is 0.920. The second-order valence-corrected chi connectivity index (χ2v) is 6.27. The second-order valence-electron chi connectivity index (χ2n) is 6.27. The maximum atomic E-state index is 12.7. The topological polar surface area (TPSA) is 62.7 Å². The van der Waals surface area contributed by atoms with Crippen LogP contribution in [-0.4, -0.2) is 47.7 Å². The van der Waals surface area contributed by atoms with Gasteiger partial charge in [-0.2, -0.15) is 0 Å². The zero-order valence-corrected chi connectivity index (χ0v) is 13.7. The molecule has 1 unspecified atom stereocenters. The van der Waals surface area contributed by atoms with Crippen molar-refractivity contribution in [1.82, 2.24) is 9.88 Å². The van der Waals surface area contributed by atoms with E-state index < -0.39 is 6.10 Å². The number of amides is 1. The lowest BCUT2D eigenvalue weighted by molar-refractivity contribution is 0.0644. The van der Waals surface area contributed by atoms with Gasteiger partial charge >= 0.3 is 0 Å². The molecule has 1 saturated carbocycles. The smallest absolute Gasteiger partial charge is 0.255 e. The van der Waals surface area contributed by atoms with Gasteiger partial charge in [0.25, 0.3) is 5.91 Å². The number of rotatable bonds is 5. The lowest BCUT2D eigenvalue weighted by atomic mass is 10.1. The summed E-state index contributed by atoms with van der Waals surface area (Å²) < 4.78 is 5.21. The molecule has 1 aromatic carbocycles. The molecule has 5 heteroatoms. The average Bonchev–Trinajstić information content (AvgIpc) is 3.37. The van der Waals surface area contributed by atoms with Crippen molar-refractivity contribution in [1.29, 1.82) is 0 Å². The van der Waals surface area contributed by atoms with Crippen LogP contribution >= 0.6 is 0 Å². The van der Waals surface area contributed by atoms with Crippen LogP contribution in [0.2, 0.25) is 0 Å². The number of hydrogen-bond donors (Lipinski definition) is 1. The van der Waals surface area contributed by atoms with Crippen molar-refractivity contribution in [3.8, 4) is 5.75 Å². The molecule has 0 spiro atoms. The minimum absolute atomic E-state index is 0.104. The van der Waals surface area contributed by atoms with Gasteiger partial charge in [-0.05, 0) is 43.9 Å². The van der Waals surface area contributed by atoms with Crippen LogP contribution in [0.4, 0.5) is 0 Å². The maximum absolute atomic E-state index is 12.7. The van der Waals surface area contributed by atoms with Crippen LogP contribution in [0, 0.1) is 12.8 Å². The van der Waals surface area contributed by atoms with Crippen molar-refractivity contribution >= 4 is 16.8 Å². The number of pyridine rings is 1. The Bertz CT molecular complexity index is 740. The van der Waals surface area contributed by atoms with Crippen molar-refractivity contribution in [2.75, 3.05) is 20.7 Å². The van der Waals surface area contributed by atoms with Gasteiger partial charge in [0, 0.05) is 25.0 Å². The number of benzene rings is 1. The van der Waals surface area contributed by atoms with Crippen LogP contribution in [0.1, 0.15) is 28.9 Å². The number of fused-ring (bicyclic) bond motifs is 1. The zero-order valence-electron chi connectivity index (χ0n) is 13.7. The number of aliphatic hydroxyl groups excluding tert-OH is 1. The third-order valence-electron chi connectivity index (χ3n) is 4.42. The highest BCUT2D eigenvalue weighted by Crippen LogP contribution is 2.33. The number of ether oxygens (including phenoxy) is 1. The number of aryl methyl sites for hydroxylation is 1. The third kappa shape index (κ3) is 3.29. The number of methoxy groups -OCH3 is 1. The molecule has 1 N–H and O–H groups in total. The molecule has 1 fully saturated rings. The van der Waals surface area contributed by atoms with E-state index in [2.05, 4.69) is 4.98 Å². The summed E-state index contributed by atoms with van der Waals surface area (Å²) >= 11 is 0. The average molecular weight is 314 g/mol. The number of carbonyl (C=O) groups excluding carboxylic acids is 1. The van der Waals surface area contributed by atoms with Crippen LogP contribution < -0.4 is 4.74 Å². The van der Waals surface area contributed by atoms with E-state index in [1.807, 2.05) is 31.2 Å². The van der Waals surface area contributed by atoms with Gasteiger partial charge in [0.2, 0.25) is 0 Å². The molecular weight excluding hydrogens is 292 g/mol. The van der Waals surface area contributed by atoms with Crippen molar-refractivity contribution in [3.63, 3.8) is 0 Å². The monoisotopic (exact) mass is 314 g/mol. The first-order valence-corrected chi connectivity index (χ1v) is 7.88. The fourth-order valence-electron chi connectivity index (χ4n) is 2.79. The Morgan fingerprint density at radius 2 is 2.17 bits per heavy atom. The molecule has 1 aromatic heterocycles. The molecule has 1 atom stereocenters. The molecule has 1 aliphatic carbocycles. The van der Waals surface area contributed by atoms with Gasteiger partial charge in [0.15, 0.2) is 0 Å². The fourth-order valence-corrected chi connectivity index (χ4v) is 2.79. The number of likely N-dealkylation sites (N-methyl/N-ethyl adjacent to an activating group) is 1. The summed E-state index contributed by atoms with van der Waals surface area (Å²) in [5, 5.41) is 10.9. The second kappa shape index (κ2) is 6.16. The molecule has 0 bridgehead atoms. The number of aliphatic hydroxyl groups is 1. The lowest BCUT2D eigenvalue weighted by Gasteiger charge is -2.21. The van der Waals surface area contributed by atoms with E-state index in [4.69, 9.17) is 4.74 Å². The predicted molar refractivity (Wildman–Crippen MR) is 88.7 cm³/mol. The summed E-state index contributed by atoms with van der Waals surface area (Å²) in [4.78, 5) is 18.8. The van der Waals surface area contributed by atoms with E-state index in [-0.39, 0.29) is 5.91 Å². The van der Waals surface area contributed by atoms with Crippen LogP contribution in [-0.2, 0) is 0 Å². The molecule has 23 heavy (non-hydrogen) atoms. The molecule has 5 nitrogen and oxygen atoms in total. The summed E-state index contributed by atoms with van der Waals surface area (Å²) in [5.74, 6) is 0.995. The Hall–Kier alpha value is -2.14. The van der Waals surface area contributed by atoms with Crippen molar-refractivity contribution in [2.45, 2.75) is 25.9 Å². The Morgan fingerprint density at radius 1 is 1.43 bits per heavy atom. The summed E-state index contributed by atoms with van der Waals surface area (Å²) in [6.45, 7) is 2.20. The molecule has 2 aromatic rings. The van der Waals surface area contributed by atoms with E-state index in [1.54, 1.807) is 19.1 Å². The largest absolute Gasteiger partial charge is 0.497 e. The molecule has 1 heterocycles. The summed E-state index contributed by atoms with van der Waals surface area (Å²) in [5.41, 5.74) is 2.07. The fraction of sp³-hybridized carbons (Fsp3) is 0.444. The van der Waals surface area contributed by atoms with E-state index >= 15 is 0 Å². The highest BCUT2D eigenvalue weighted by Gasteiger charge is 2.31. The predicted octanol–water partition coefficient (Wildman–Crippen LogP) is 2.39. The standard InChI is InChI=1S/C18H22N2O3/c1-11-15(18(22)20(2)10-17(21)12-4-5-12)8-13-6-7-14(23-3)9-16(13)19-11/h6-9,12,17,21H,4-5,10H2,1-3H3. The SMILES string of the molecule is COc1ccc2cc(C(=O)N(C)CC(O)C3CC3)c(C)nc2c1. The van der Waals surface area contributed by atoms with Gasteiger partial charge in [-0.1, -0.05) is 0 Å². The van der Waals surface area contributed by atoms with E-state index in [9.17, 15) is 9.90 Å². The maximum Gasteiger partial charge on any atom is 0.255 e. The minimum atomic E-state index is -0.429. The molecule has 3 rings (SSSR count). The molecule has 0 aliphatic heterocycles. The van der Waals surface area contributed by atoms with Gasteiger partial charge in [-0.15, -0.1) is 0 Å². The molecule has 0 radical (unpaired) electrons. The molecular formula is C18H22N2O3. The molecule has 1 aliphatic rings. The third-order valence-corrected chi connectivity index (χ3v) is 4.42. The van der Waals surface area contributed by atoms with E-state index in [0.717, 1.165) is 29.5 Å². The van der Waals surface area contributed by atoms with Gasteiger partial charge in [-0.25, -0.2) is 0 Å². The Kier molecular flexibility index (Phi) is 4.22. The van der Waals surface area contributed by atoms with E-state index in [1.165, 1.54) is 0 Å². The van der Waals surface area contributed by atoms with Crippen LogP contribution in [0.3, 0.4) is 0 Å². The molecule has 122 valence electrons. The van der Waals surface area contributed by atoms with E-state index in [0.29, 0.717) is 23.7 Å². The van der Waals surface area contributed by atoms with Crippen molar-refractivity contribution in [2.24, 2.45) is 5.92 Å². The molecule has 0 saturated heterocycles. The number of nitrogens with zero attached hydrogens (tertiary/aromatic N) is 2. The highest BCUT2D eigenvalue weighted by molar-refractivity contribution is 5.98. The molecule has 1 amide bonds. The number of hydrogen-bond acceptors (Lipinski definition) is 4. The summed E-state index contributed by atoms with van der Waals surface area (Å²) in [6, 6.07) is 7.47. The van der Waals surface area contributed by atoms with Crippen molar-refractivity contribution in [3.05, 3.63) is 35.5 Å². The Morgan fingerprint density at radius 3 is 2.83 bits per heavy atom. The number of aromatic nitrogens is 1. The van der Waals surface area contributed by atoms with Gasteiger partial charge in [0.1, 0.15) is 5.75 Å². The van der Waals surface area contributed by atoms with Gasteiger partial charge in [0.05, 0.1) is 30.0 Å². The Labute approximate surface area is 135 Å². The van der Waals surface area contributed by atoms with Crippen LogP contribution in [0.25, 0.3) is 10.9 Å². The van der Waals surface area contributed by atoms with Gasteiger partial charge < -0.3 is 14.7 Å². The Balaban J connectivity index is 1.85. The first kappa shape index (κ1) is 15.7. The van der Waals surface area contributed by atoms with Crippen molar-refractivity contribution < 1.29 is 14.6 Å². The first-order chi connectivity index (χ1) is 11.0. The lowest BCUT2D eigenvalue weighted by Crippen LogP contribution is -2.35. The highest BCUT2D eigenvalue weighted by atomic mass is 16.5. The summed E-state index contributed by atoms with van der Waals surface area (Å²) in [6.07, 6.45) is 1.69. The van der Waals surface area contributed by atoms with Crippen LogP contribution in [0.5, 0.6) is 5.75 Å². The summed E-state index contributed by atoms with van der Waals surface area (Å²) in [7, 11) is 3.34.